The van der Waals surface area contributed by atoms with Gasteiger partial charge < -0.3 is 14.1 Å². The molecular weight excluding hydrogens is 506 g/mol. The summed E-state index contributed by atoms with van der Waals surface area (Å²) in [7, 11) is 1.52. The monoisotopic (exact) mass is 535 g/mol. The van der Waals surface area contributed by atoms with Crippen LogP contribution in [0.3, 0.4) is 0 Å². The first-order valence-corrected chi connectivity index (χ1v) is 13.0. The Bertz CT molecular complexity index is 1430. The molecule has 38 heavy (non-hydrogen) atoms. The Labute approximate surface area is 226 Å². The Morgan fingerprint density at radius 3 is 2.58 bits per heavy atom. The van der Waals surface area contributed by atoms with E-state index in [-0.39, 0.29) is 23.5 Å². The third-order valence-electron chi connectivity index (χ3n) is 6.53. The van der Waals surface area contributed by atoms with Crippen molar-refractivity contribution in [3.63, 3.8) is 0 Å². The van der Waals surface area contributed by atoms with E-state index in [9.17, 15) is 14.4 Å². The first kappa shape index (κ1) is 27.3. The summed E-state index contributed by atoms with van der Waals surface area (Å²) in [6.07, 6.45) is 5.42. The summed E-state index contributed by atoms with van der Waals surface area (Å²) in [5.41, 5.74) is 3.57. The largest absolute Gasteiger partial charge is 0.495 e. The molecule has 0 saturated heterocycles. The Morgan fingerprint density at radius 2 is 1.95 bits per heavy atom. The van der Waals surface area contributed by atoms with Crippen LogP contribution in [0.5, 0.6) is 5.75 Å². The molecule has 0 amide bonds. The maximum absolute atomic E-state index is 13.4. The minimum Gasteiger partial charge on any atom is -0.495 e. The highest BCUT2D eigenvalue weighted by atomic mass is 35.5. The highest BCUT2D eigenvalue weighted by Gasteiger charge is 2.25. The molecule has 198 valence electrons. The average Bonchev–Trinajstić information content (AvgIpc) is 3.46. The van der Waals surface area contributed by atoms with Crippen molar-refractivity contribution < 1.29 is 19.2 Å². The lowest BCUT2D eigenvalue weighted by atomic mass is 9.95. The standard InChI is InChI=1S/C29H30ClN3O5/c1-4-6-25(27(35)13-18-7-10-24(31-16-18)26(34)5-2)33-17-28(37-3)22(15-29(33)36)21-14-19(30)8-9-20(21)23-11-12-38-32-23/h7-10,14-17,25H,4-6,11-13H2,1-3H3. The Hall–Kier alpha value is -3.78. The van der Waals surface area contributed by atoms with Gasteiger partial charge in [0.2, 0.25) is 0 Å². The van der Waals surface area contributed by atoms with Crippen LogP contribution in [0.4, 0.5) is 0 Å². The summed E-state index contributed by atoms with van der Waals surface area (Å²) in [6, 6.07) is 9.56. The predicted molar refractivity (Wildman–Crippen MR) is 146 cm³/mol. The third-order valence-corrected chi connectivity index (χ3v) is 6.77. The van der Waals surface area contributed by atoms with Crippen LogP contribution < -0.4 is 10.3 Å². The molecule has 0 fully saturated rings. The molecule has 1 atom stereocenters. The van der Waals surface area contributed by atoms with E-state index < -0.39 is 6.04 Å². The van der Waals surface area contributed by atoms with Crippen molar-refractivity contribution in [1.29, 1.82) is 0 Å². The average molecular weight is 536 g/mol. The van der Waals surface area contributed by atoms with Crippen molar-refractivity contribution in [1.82, 2.24) is 9.55 Å². The van der Waals surface area contributed by atoms with E-state index in [1.54, 1.807) is 43.6 Å². The fraction of sp³-hybridized carbons (Fsp3) is 0.345. The van der Waals surface area contributed by atoms with Crippen LogP contribution in [-0.2, 0) is 16.1 Å². The molecule has 3 aromatic rings. The van der Waals surface area contributed by atoms with Gasteiger partial charge in [0.05, 0.1) is 25.1 Å². The predicted octanol–water partition coefficient (Wildman–Crippen LogP) is 5.44. The number of ether oxygens (including phenoxy) is 1. The van der Waals surface area contributed by atoms with Crippen molar-refractivity contribution in [3.05, 3.63) is 81.0 Å². The van der Waals surface area contributed by atoms with E-state index in [1.165, 1.54) is 17.7 Å². The van der Waals surface area contributed by atoms with Gasteiger partial charge in [0.15, 0.2) is 11.6 Å². The SMILES string of the molecule is CCCC(C(=O)Cc1ccc(C(=O)CC)nc1)n1cc(OC)c(-c2cc(Cl)ccc2C2=NOCC2)cc1=O. The summed E-state index contributed by atoms with van der Waals surface area (Å²) in [6.45, 7) is 4.23. The molecule has 0 aliphatic carbocycles. The van der Waals surface area contributed by atoms with E-state index in [0.29, 0.717) is 65.4 Å². The van der Waals surface area contributed by atoms with Gasteiger partial charge in [-0.05, 0) is 35.7 Å². The van der Waals surface area contributed by atoms with Crippen LogP contribution in [0, 0.1) is 0 Å². The maximum Gasteiger partial charge on any atom is 0.252 e. The molecule has 3 heterocycles. The number of Topliss-reactive ketones (excluding diaryl/α,β-unsaturated/α-hetero) is 2. The smallest absolute Gasteiger partial charge is 0.252 e. The van der Waals surface area contributed by atoms with Gasteiger partial charge in [0, 0.05) is 47.7 Å². The van der Waals surface area contributed by atoms with Crippen LogP contribution in [0.1, 0.15) is 67.2 Å². The van der Waals surface area contributed by atoms with Crippen molar-refractivity contribution in [2.45, 2.75) is 52.0 Å². The number of ketones is 2. The zero-order valence-electron chi connectivity index (χ0n) is 21.7. The van der Waals surface area contributed by atoms with Crippen LogP contribution in [0.2, 0.25) is 5.02 Å². The van der Waals surface area contributed by atoms with Crippen LogP contribution in [0.25, 0.3) is 11.1 Å². The Balaban J connectivity index is 1.70. The topological polar surface area (TPSA) is 99.8 Å². The number of oxime groups is 1. The molecule has 1 aliphatic rings. The molecule has 0 bridgehead atoms. The number of pyridine rings is 2. The van der Waals surface area contributed by atoms with Crippen LogP contribution >= 0.6 is 11.6 Å². The molecule has 1 unspecified atom stereocenters. The minimum atomic E-state index is -0.682. The van der Waals surface area contributed by atoms with Crippen molar-refractivity contribution in [3.8, 4) is 16.9 Å². The van der Waals surface area contributed by atoms with Gasteiger partial charge in [-0.25, -0.2) is 0 Å². The van der Waals surface area contributed by atoms with E-state index in [0.717, 1.165) is 11.3 Å². The van der Waals surface area contributed by atoms with Gasteiger partial charge >= 0.3 is 0 Å². The second-order valence-corrected chi connectivity index (χ2v) is 9.52. The molecule has 1 aromatic carbocycles. The lowest BCUT2D eigenvalue weighted by molar-refractivity contribution is -0.121. The fourth-order valence-corrected chi connectivity index (χ4v) is 4.73. The van der Waals surface area contributed by atoms with E-state index in [1.807, 2.05) is 13.0 Å². The number of halogens is 1. The number of benzene rings is 1. The minimum absolute atomic E-state index is 0.0548. The molecular formula is C29H30ClN3O5. The highest BCUT2D eigenvalue weighted by molar-refractivity contribution is 6.31. The van der Waals surface area contributed by atoms with Crippen molar-refractivity contribution in [2.75, 3.05) is 13.7 Å². The fourth-order valence-electron chi connectivity index (χ4n) is 4.55. The van der Waals surface area contributed by atoms with E-state index in [2.05, 4.69) is 10.1 Å². The zero-order chi connectivity index (χ0) is 27.2. The number of carbonyl (C=O) groups excluding carboxylic acids is 2. The third kappa shape index (κ3) is 5.86. The lowest BCUT2D eigenvalue weighted by Gasteiger charge is -2.21. The Kier molecular flexibility index (Phi) is 8.73. The number of carbonyl (C=O) groups is 2. The van der Waals surface area contributed by atoms with Gasteiger partial charge in [-0.1, -0.05) is 49.2 Å². The molecule has 0 saturated carbocycles. The summed E-state index contributed by atoms with van der Waals surface area (Å²) < 4.78 is 7.14. The van der Waals surface area contributed by atoms with Crippen LogP contribution in [-0.4, -0.2) is 40.5 Å². The number of hydrogen-bond acceptors (Lipinski definition) is 7. The molecule has 0 spiro atoms. The summed E-state index contributed by atoms with van der Waals surface area (Å²) in [5.74, 6) is 0.257. The second-order valence-electron chi connectivity index (χ2n) is 9.09. The Morgan fingerprint density at radius 1 is 1.13 bits per heavy atom. The summed E-state index contributed by atoms with van der Waals surface area (Å²) >= 11 is 6.32. The van der Waals surface area contributed by atoms with Gasteiger partial charge in [0.25, 0.3) is 5.56 Å². The van der Waals surface area contributed by atoms with Crippen molar-refractivity contribution in [2.24, 2.45) is 5.16 Å². The summed E-state index contributed by atoms with van der Waals surface area (Å²) in [4.78, 5) is 48.1. The normalized spacial score (nSPS) is 13.5. The number of rotatable bonds is 11. The number of aromatic nitrogens is 2. The molecule has 0 radical (unpaired) electrons. The van der Waals surface area contributed by atoms with E-state index >= 15 is 0 Å². The lowest BCUT2D eigenvalue weighted by Crippen LogP contribution is -2.30. The number of hydrogen-bond donors (Lipinski definition) is 0. The zero-order valence-corrected chi connectivity index (χ0v) is 22.5. The van der Waals surface area contributed by atoms with Gasteiger partial charge in [-0.2, -0.15) is 0 Å². The molecule has 2 aromatic heterocycles. The number of methoxy groups -OCH3 is 1. The van der Waals surface area contributed by atoms with Crippen molar-refractivity contribution >= 4 is 28.9 Å². The quantitative estimate of drug-likeness (QED) is 0.303. The first-order valence-electron chi connectivity index (χ1n) is 12.7. The maximum atomic E-state index is 13.4. The molecule has 4 rings (SSSR count). The second kappa shape index (κ2) is 12.2. The molecule has 9 heteroatoms. The van der Waals surface area contributed by atoms with Crippen LogP contribution in [0.15, 0.2) is 58.7 Å². The molecule has 1 aliphatic heterocycles. The molecule has 8 nitrogen and oxygen atoms in total. The van der Waals surface area contributed by atoms with Gasteiger partial charge in [-0.3, -0.25) is 19.4 Å². The number of nitrogens with zero attached hydrogens (tertiary/aromatic N) is 3. The highest BCUT2D eigenvalue weighted by Crippen LogP contribution is 2.35. The summed E-state index contributed by atoms with van der Waals surface area (Å²) in [5, 5.41) is 4.64. The van der Waals surface area contributed by atoms with Gasteiger partial charge in [-0.15, -0.1) is 0 Å². The molecule has 0 N–H and O–H groups in total. The van der Waals surface area contributed by atoms with Gasteiger partial charge in [0.1, 0.15) is 18.1 Å². The first-order chi connectivity index (χ1) is 18.4. The van der Waals surface area contributed by atoms with E-state index in [4.69, 9.17) is 21.2 Å².